The molecular formula is C23H29NO5. The van der Waals surface area contributed by atoms with E-state index in [1.807, 2.05) is 24.3 Å². The van der Waals surface area contributed by atoms with E-state index in [2.05, 4.69) is 36.5 Å². The fourth-order valence-corrected chi connectivity index (χ4v) is 2.63. The Bertz CT molecular complexity index is 807. The van der Waals surface area contributed by atoms with Gasteiger partial charge in [0.15, 0.2) is 0 Å². The summed E-state index contributed by atoms with van der Waals surface area (Å²) < 4.78 is 15.7. The predicted molar refractivity (Wildman–Crippen MR) is 112 cm³/mol. The molecule has 0 radical (unpaired) electrons. The number of amides is 1. The number of ether oxygens (including phenoxy) is 3. The van der Waals surface area contributed by atoms with E-state index in [4.69, 9.17) is 14.2 Å². The molecule has 1 unspecified atom stereocenters. The van der Waals surface area contributed by atoms with Crippen LogP contribution in [-0.2, 0) is 14.3 Å². The SMILES string of the molecule is COC(=O)C(CCOc1ccc(-c2ccc(C)cc2)cc1)NC(=O)OC(C)(C)C. The largest absolute Gasteiger partial charge is 0.494 e. The molecule has 0 aliphatic carbocycles. The van der Waals surface area contributed by atoms with Crippen molar-refractivity contribution < 1.29 is 23.8 Å². The van der Waals surface area contributed by atoms with Crippen molar-refractivity contribution in [2.24, 2.45) is 0 Å². The fraction of sp³-hybridized carbons (Fsp3) is 0.391. The number of carbonyl (C=O) groups excluding carboxylic acids is 2. The Balaban J connectivity index is 1.90. The Morgan fingerprint density at radius 1 is 0.966 bits per heavy atom. The highest BCUT2D eigenvalue weighted by molar-refractivity contribution is 5.81. The average molecular weight is 399 g/mol. The van der Waals surface area contributed by atoms with Crippen molar-refractivity contribution in [1.29, 1.82) is 0 Å². The number of rotatable bonds is 7. The maximum atomic E-state index is 11.9. The Labute approximate surface area is 172 Å². The van der Waals surface area contributed by atoms with Crippen molar-refractivity contribution in [3.63, 3.8) is 0 Å². The van der Waals surface area contributed by atoms with Gasteiger partial charge in [-0.1, -0.05) is 42.0 Å². The average Bonchev–Trinajstić information content (AvgIpc) is 2.66. The van der Waals surface area contributed by atoms with Crippen LogP contribution in [0.4, 0.5) is 4.79 Å². The van der Waals surface area contributed by atoms with Crippen LogP contribution < -0.4 is 10.1 Å². The summed E-state index contributed by atoms with van der Waals surface area (Å²) in [6.45, 7) is 7.55. The van der Waals surface area contributed by atoms with Crippen LogP contribution in [0.3, 0.4) is 0 Å². The quantitative estimate of drug-likeness (QED) is 0.694. The monoisotopic (exact) mass is 399 g/mol. The number of aryl methyl sites for hydroxylation is 1. The minimum absolute atomic E-state index is 0.236. The van der Waals surface area contributed by atoms with E-state index in [1.165, 1.54) is 12.7 Å². The van der Waals surface area contributed by atoms with Gasteiger partial charge in [-0.15, -0.1) is 0 Å². The van der Waals surface area contributed by atoms with Crippen LogP contribution in [0.5, 0.6) is 5.75 Å². The molecule has 0 aromatic heterocycles. The molecule has 1 amide bonds. The van der Waals surface area contributed by atoms with E-state index in [0.29, 0.717) is 5.75 Å². The zero-order valence-electron chi connectivity index (χ0n) is 17.7. The summed E-state index contributed by atoms with van der Waals surface area (Å²) in [5.41, 5.74) is 2.79. The van der Waals surface area contributed by atoms with Gasteiger partial charge in [0.1, 0.15) is 17.4 Å². The Morgan fingerprint density at radius 2 is 1.52 bits per heavy atom. The maximum Gasteiger partial charge on any atom is 0.408 e. The van der Waals surface area contributed by atoms with Gasteiger partial charge in [-0.2, -0.15) is 0 Å². The van der Waals surface area contributed by atoms with Crippen molar-refractivity contribution in [2.45, 2.75) is 45.8 Å². The second-order valence-corrected chi connectivity index (χ2v) is 7.75. The molecule has 1 atom stereocenters. The summed E-state index contributed by atoms with van der Waals surface area (Å²) in [6.07, 6.45) is -0.415. The number of hydrogen-bond acceptors (Lipinski definition) is 5. The van der Waals surface area contributed by atoms with Crippen LogP contribution in [0.1, 0.15) is 32.8 Å². The molecule has 0 aliphatic heterocycles. The Hall–Kier alpha value is -3.02. The maximum absolute atomic E-state index is 11.9. The molecule has 0 heterocycles. The number of alkyl carbamates (subject to hydrolysis) is 1. The third-order valence-corrected chi connectivity index (χ3v) is 4.09. The smallest absolute Gasteiger partial charge is 0.408 e. The highest BCUT2D eigenvalue weighted by Gasteiger charge is 2.25. The lowest BCUT2D eigenvalue weighted by Gasteiger charge is -2.22. The van der Waals surface area contributed by atoms with Gasteiger partial charge in [-0.05, 0) is 51.0 Å². The second-order valence-electron chi connectivity index (χ2n) is 7.75. The van der Waals surface area contributed by atoms with E-state index < -0.39 is 23.7 Å². The Morgan fingerprint density at radius 3 is 2.03 bits per heavy atom. The highest BCUT2D eigenvalue weighted by Crippen LogP contribution is 2.23. The van der Waals surface area contributed by atoms with Gasteiger partial charge in [-0.3, -0.25) is 0 Å². The van der Waals surface area contributed by atoms with Crippen LogP contribution in [0.15, 0.2) is 48.5 Å². The van der Waals surface area contributed by atoms with Crippen LogP contribution in [0.2, 0.25) is 0 Å². The number of methoxy groups -OCH3 is 1. The molecule has 0 saturated heterocycles. The van der Waals surface area contributed by atoms with Gasteiger partial charge in [-0.25, -0.2) is 9.59 Å². The molecular weight excluding hydrogens is 370 g/mol. The minimum Gasteiger partial charge on any atom is -0.494 e. The molecule has 6 nitrogen and oxygen atoms in total. The first-order chi connectivity index (χ1) is 13.7. The number of benzene rings is 2. The molecule has 6 heteroatoms. The van der Waals surface area contributed by atoms with Gasteiger partial charge in [0.05, 0.1) is 13.7 Å². The first-order valence-corrected chi connectivity index (χ1v) is 9.55. The van der Waals surface area contributed by atoms with Crippen LogP contribution in [0, 0.1) is 6.92 Å². The van der Waals surface area contributed by atoms with Crippen LogP contribution in [-0.4, -0.2) is 37.4 Å². The lowest BCUT2D eigenvalue weighted by Crippen LogP contribution is -2.44. The lowest BCUT2D eigenvalue weighted by molar-refractivity contribution is -0.143. The molecule has 1 N–H and O–H groups in total. The molecule has 2 aromatic rings. The van der Waals surface area contributed by atoms with Crippen molar-refractivity contribution in [2.75, 3.05) is 13.7 Å². The molecule has 0 spiro atoms. The van der Waals surface area contributed by atoms with E-state index in [1.54, 1.807) is 20.8 Å². The second kappa shape index (κ2) is 9.96. The predicted octanol–water partition coefficient (Wildman–Crippen LogP) is 4.50. The summed E-state index contributed by atoms with van der Waals surface area (Å²) >= 11 is 0. The number of esters is 1. The Kier molecular flexibility index (Phi) is 7.65. The van der Waals surface area contributed by atoms with Gasteiger partial charge in [0.25, 0.3) is 0 Å². The van der Waals surface area contributed by atoms with E-state index in [0.717, 1.165) is 11.1 Å². The first-order valence-electron chi connectivity index (χ1n) is 9.55. The summed E-state index contributed by atoms with van der Waals surface area (Å²) in [5, 5.41) is 2.53. The molecule has 29 heavy (non-hydrogen) atoms. The molecule has 2 aromatic carbocycles. The molecule has 156 valence electrons. The highest BCUT2D eigenvalue weighted by atomic mass is 16.6. The van der Waals surface area contributed by atoms with Crippen molar-refractivity contribution in [1.82, 2.24) is 5.32 Å². The summed E-state index contributed by atoms with van der Waals surface area (Å²) in [4.78, 5) is 23.9. The summed E-state index contributed by atoms with van der Waals surface area (Å²) in [6, 6.07) is 15.2. The third-order valence-electron chi connectivity index (χ3n) is 4.09. The van der Waals surface area contributed by atoms with E-state index in [9.17, 15) is 9.59 Å². The van der Waals surface area contributed by atoms with Gasteiger partial charge < -0.3 is 19.5 Å². The first kappa shape index (κ1) is 22.3. The molecule has 2 rings (SSSR count). The topological polar surface area (TPSA) is 73.9 Å². The van der Waals surface area contributed by atoms with Gasteiger partial charge >= 0.3 is 12.1 Å². The number of nitrogens with one attached hydrogen (secondary N) is 1. The number of carbonyl (C=O) groups is 2. The number of hydrogen-bond donors (Lipinski definition) is 1. The van der Waals surface area contributed by atoms with Crippen LogP contribution >= 0.6 is 0 Å². The summed E-state index contributed by atoms with van der Waals surface area (Å²) in [5.74, 6) is 0.135. The van der Waals surface area contributed by atoms with E-state index >= 15 is 0 Å². The fourth-order valence-electron chi connectivity index (χ4n) is 2.63. The van der Waals surface area contributed by atoms with Crippen LogP contribution in [0.25, 0.3) is 11.1 Å². The van der Waals surface area contributed by atoms with Crippen molar-refractivity contribution >= 4 is 12.1 Å². The zero-order valence-corrected chi connectivity index (χ0v) is 17.7. The van der Waals surface area contributed by atoms with Crippen molar-refractivity contribution in [3.05, 3.63) is 54.1 Å². The van der Waals surface area contributed by atoms with E-state index in [-0.39, 0.29) is 13.0 Å². The normalized spacial score (nSPS) is 12.0. The van der Waals surface area contributed by atoms with Crippen molar-refractivity contribution in [3.8, 4) is 16.9 Å². The minimum atomic E-state index is -0.846. The van der Waals surface area contributed by atoms with Gasteiger partial charge in [0.2, 0.25) is 0 Å². The standard InChI is InChI=1S/C23H29NO5/c1-16-6-8-17(9-7-16)18-10-12-19(13-11-18)28-15-14-20(21(25)27-5)24-22(26)29-23(2,3)4/h6-13,20H,14-15H2,1-5H3,(H,24,26). The molecule has 0 fully saturated rings. The lowest BCUT2D eigenvalue weighted by atomic mass is 10.0. The molecule has 0 aliphatic rings. The molecule has 0 bridgehead atoms. The molecule has 0 saturated carbocycles. The van der Waals surface area contributed by atoms with Gasteiger partial charge in [0, 0.05) is 6.42 Å². The summed E-state index contributed by atoms with van der Waals surface area (Å²) in [7, 11) is 1.27. The zero-order chi connectivity index (χ0) is 21.4. The third kappa shape index (κ3) is 7.49.